The van der Waals surface area contributed by atoms with Crippen LogP contribution in [-0.2, 0) is 12.8 Å². The van der Waals surface area contributed by atoms with E-state index in [9.17, 15) is 5.11 Å². The van der Waals surface area contributed by atoms with Crippen LogP contribution in [0, 0.1) is 5.92 Å². The van der Waals surface area contributed by atoms with Crippen molar-refractivity contribution >= 4 is 5.82 Å². The van der Waals surface area contributed by atoms with E-state index in [-0.39, 0.29) is 12.6 Å². The Bertz CT molecular complexity index is 393. The summed E-state index contributed by atoms with van der Waals surface area (Å²) in [5.74, 6) is 1.49. The molecule has 0 spiro atoms. The summed E-state index contributed by atoms with van der Waals surface area (Å²) in [5, 5.41) is 12.8. The third-order valence-electron chi connectivity index (χ3n) is 3.44. The standard InChI is InChI=1S/C14H23N3O/c1-10(2)7-11(8-18)17-14-12-5-3-4-6-13(12)15-9-16-14/h9-11,18H,3-8H2,1-2H3,(H,15,16,17). The van der Waals surface area contributed by atoms with E-state index in [0.29, 0.717) is 5.92 Å². The molecule has 1 aromatic rings. The van der Waals surface area contributed by atoms with Gasteiger partial charge in [0.25, 0.3) is 0 Å². The zero-order valence-electron chi connectivity index (χ0n) is 11.3. The van der Waals surface area contributed by atoms with E-state index in [4.69, 9.17) is 0 Å². The lowest BCUT2D eigenvalue weighted by atomic mass is 9.96. The maximum absolute atomic E-state index is 9.43. The van der Waals surface area contributed by atoms with E-state index in [1.807, 2.05) is 0 Å². The van der Waals surface area contributed by atoms with Gasteiger partial charge in [0.2, 0.25) is 0 Å². The summed E-state index contributed by atoms with van der Waals surface area (Å²) in [6, 6.07) is 0.0888. The summed E-state index contributed by atoms with van der Waals surface area (Å²) < 4.78 is 0. The number of nitrogens with one attached hydrogen (secondary N) is 1. The predicted molar refractivity (Wildman–Crippen MR) is 72.6 cm³/mol. The van der Waals surface area contributed by atoms with Crippen molar-refractivity contribution in [1.29, 1.82) is 0 Å². The third-order valence-corrected chi connectivity index (χ3v) is 3.44. The van der Waals surface area contributed by atoms with Crippen molar-refractivity contribution in [3.8, 4) is 0 Å². The molecule has 2 N–H and O–H groups in total. The number of aryl methyl sites for hydroxylation is 1. The van der Waals surface area contributed by atoms with Gasteiger partial charge in [0, 0.05) is 11.3 Å². The molecule has 0 bridgehead atoms. The monoisotopic (exact) mass is 249 g/mol. The molecular formula is C14H23N3O. The Morgan fingerprint density at radius 3 is 2.78 bits per heavy atom. The summed E-state index contributed by atoms with van der Waals surface area (Å²) in [7, 11) is 0. The number of hydrogen-bond donors (Lipinski definition) is 2. The molecule has 0 amide bonds. The fourth-order valence-corrected chi connectivity index (χ4v) is 2.59. The van der Waals surface area contributed by atoms with Crippen LogP contribution in [0.4, 0.5) is 5.82 Å². The first kappa shape index (κ1) is 13.3. The Kier molecular flexibility index (Phi) is 4.53. The maximum atomic E-state index is 9.43. The van der Waals surface area contributed by atoms with E-state index < -0.39 is 0 Å². The lowest BCUT2D eigenvalue weighted by molar-refractivity contribution is 0.259. The maximum Gasteiger partial charge on any atom is 0.133 e. The van der Waals surface area contributed by atoms with Crippen LogP contribution in [-0.4, -0.2) is 27.7 Å². The summed E-state index contributed by atoms with van der Waals surface area (Å²) >= 11 is 0. The number of aliphatic hydroxyl groups excluding tert-OH is 1. The molecule has 4 heteroatoms. The minimum absolute atomic E-state index is 0.0888. The Morgan fingerprint density at radius 2 is 2.06 bits per heavy atom. The van der Waals surface area contributed by atoms with Gasteiger partial charge in [-0.25, -0.2) is 9.97 Å². The third kappa shape index (κ3) is 3.19. The first-order chi connectivity index (χ1) is 8.70. The van der Waals surface area contributed by atoms with E-state index in [2.05, 4.69) is 29.1 Å². The average molecular weight is 249 g/mol. The van der Waals surface area contributed by atoms with Crippen LogP contribution in [0.1, 0.15) is 44.4 Å². The van der Waals surface area contributed by atoms with Crippen molar-refractivity contribution in [3.05, 3.63) is 17.6 Å². The SMILES string of the molecule is CC(C)CC(CO)Nc1ncnc2c1CCCC2. The molecular weight excluding hydrogens is 226 g/mol. The zero-order chi connectivity index (χ0) is 13.0. The fourth-order valence-electron chi connectivity index (χ4n) is 2.59. The van der Waals surface area contributed by atoms with Crippen molar-refractivity contribution in [3.63, 3.8) is 0 Å². The van der Waals surface area contributed by atoms with Gasteiger partial charge in [-0.2, -0.15) is 0 Å². The summed E-state index contributed by atoms with van der Waals surface area (Å²) in [6.07, 6.45) is 7.13. The summed E-state index contributed by atoms with van der Waals surface area (Å²) in [6.45, 7) is 4.48. The molecule has 100 valence electrons. The van der Waals surface area contributed by atoms with Crippen LogP contribution >= 0.6 is 0 Å². The number of aromatic nitrogens is 2. The Hall–Kier alpha value is -1.16. The molecule has 1 aliphatic carbocycles. The number of anilines is 1. The van der Waals surface area contributed by atoms with Gasteiger partial charge in [0.15, 0.2) is 0 Å². The highest BCUT2D eigenvalue weighted by atomic mass is 16.3. The largest absolute Gasteiger partial charge is 0.394 e. The van der Waals surface area contributed by atoms with Gasteiger partial charge >= 0.3 is 0 Å². The van der Waals surface area contributed by atoms with E-state index in [0.717, 1.165) is 25.1 Å². The quantitative estimate of drug-likeness (QED) is 0.839. The van der Waals surface area contributed by atoms with Gasteiger partial charge in [0.1, 0.15) is 12.1 Å². The first-order valence-corrected chi connectivity index (χ1v) is 6.91. The highest BCUT2D eigenvalue weighted by molar-refractivity contribution is 5.47. The van der Waals surface area contributed by atoms with Gasteiger partial charge in [-0.05, 0) is 38.0 Å². The first-order valence-electron chi connectivity index (χ1n) is 6.91. The van der Waals surface area contributed by atoms with Crippen LogP contribution in [0.15, 0.2) is 6.33 Å². The second kappa shape index (κ2) is 6.14. The van der Waals surface area contributed by atoms with Gasteiger partial charge in [-0.1, -0.05) is 13.8 Å². The van der Waals surface area contributed by atoms with Crippen LogP contribution < -0.4 is 5.32 Å². The zero-order valence-corrected chi connectivity index (χ0v) is 11.3. The van der Waals surface area contributed by atoms with Gasteiger partial charge in [-0.15, -0.1) is 0 Å². The lowest BCUT2D eigenvalue weighted by Gasteiger charge is -2.23. The molecule has 0 radical (unpaired) electrons. The number of rotatable bonds is 5. The Labute approximate surface area is 109 Å². The molecule has 1 aliphatic rings. The van der Waals surface area contributed by atoms with E-state index in [1.165, 1.54) is 24.1 Å². The summed E-state index contributed by atoms with van der Waals surface area (Å²) in [5.41, 5.74) is 2.44. The second-order valence-electron chi connectivity index (χ2n) is 5.51. The number of nitrogens with zero attached hydrogens (tertiary/aromatic N) is 2. The van der Waals surface area contributed by atoms with Crippen molar-refractivity contribution in [2.75, 3.05) is 11.9 Å². The molecule has 2 rings (SSSR count). The molecule has 0 aromatic carbocycles. The highest BCUT2D eigenvalue weighted by Gasteiger charge is 2.18. The average Bonchev–Trinajstić information content (AvgIpc) is 2.38. The molecule has 1 atom stereocenters. The number of hydrogen-bond acceptors (Lipinski definition) is 4. The van der Waals surface area contributed by atoms with Crippen molar-refractivity contribution in [1.82, 2.24) is 9.97 Å². The molecule has 1 unspecified atom stereocenters. The normalized spacial score (nSPS) is 16.4. The van der Waals surface area contributed by atoms with Crippen LogP contribution in [0.2, 0.25) is 0 Å². The molecule has 1 aromatic heterocycles. The van der Waals surface area contributed by atoms with Crippen molar-refractivity contribution in [2.24, 2.45) is 5.92 Å². The Morgan fingerprint density at radius 1 is 1.28 bits per heavy atom. The summed E-state index contributed by atoms with van der Waals surface area (Å²) in [4.78, 5) is 8.71. The second-order valence-corrected chi connectivity index (χ2v) is 5.51. The van der Waals surface area contributed by atoms with Gasteiger partial charge in [-0.3, -0.25) is 0 Å². The van der Waals surface area contributed by atoms with E-state index >= 15 is 0 Å². The lowest BCUT2D eigenvalue weighted by Crippen LogP contribution is -2.27. The molecule has 0 saturated carbocycles. The molecule has 1 heterocycles. The van der Waals surface area contributed by atoms with E-state index in [1.54, 1.807) is 6.33 Å². The van der Waals surface area contributed by atoms with Crippen LogP contribution in [0.5, 0.6) is 0 Å². The topological polar surface area (TPSA) is 58.0 Å². The molecule has 18 heavy (non-hydrogen) atoms. The molecule has 0 saturated heterocycles. The minimum Gasteiger partial charge on any atom is -0.394 e. The van der Waals surface area contributed by atoms with Gasteiger partial charge < -0.3 is 10.4 Å². The minimum atomic E-state index is 0.0888. The van der Waals surface area contributed by atoms with Gasteiger partial charge in [0.05, 0.1) is 12.6 Å². The number of fused-ring (bicyclic) bond motifs is 1. The smallest absolute Gasteiger partial charge is 0.133 e. The van der Waals surface area contributed by atoms with Crippen molar-refractivity contribution < 1.29 is 5.11 Å². The highest BCUT2D eigenvalue weighted by Crippen LogP contribution is 2.25. The number of aliphatic hydroxyl groups is 1. The fraction of sp³-hybridized carbons (Fsp3) is 0.714. The van der Waals surface area contributed by atoms with Crippen molar-refractivity contribution in [2.45, 2.75) is 52.0 Å². The molecule has 4 nitrogen and oxygen atoms in total. The predicted octanol–water partition coefficient (Wildman–Crippen LogP) is 2.17. The molecule has 0 aliphatic heterocycles. The molecule has 0 fully saturated rings. The van der Waals surface area contributed by atoms with Crippen LogP contribution in [0.3, 0.4) is 0 Å². The van der Waals surface area contributed by atoms with Crippen LogP contribution in [0.25, 0.3) is 0 Å². The Balaban J connectivity index is 2.12.